The van der Waals surface area contributed by atoms with Gasteiger partial charge in [-0.25, -0.2) is 0 Å². The molecule has 4 aromatic carbocycles. The Kier molecular flexibility index (Phi) is 9.76. The molecule has 4 amide bonds. The molecule has 2 N–H and O–H groups in total. The van der Waals surface area contributed by atoms with E-state index in [0.717, 1.165) is 99.1 Å². The number of nitrogens with one attached hydrogen (secondary N) is 1. The second-order valence-electron chi connectivity index (χ2n) is 13.7. The molecule has 1 atom stereocenters. The first-order valence-corrected chi connectivity index (χ1v) is 19.4. The second-order valence-corrected chi connectivity index (χ2v) is 15.6. The number of carbonyl (C=O) groups is 4. The Labute approximate surface area is 319 Å². The molecule has 12 heteroatoms. The van der Waals surface area contributed by atoms with Gasteiger partial charge in [0.1, 0.15) is 17.5 Å². The maximum Gasteiger partial charge on any atom is 0.262 e. The van der Waals surface area contributed by atoms with Crippen LogP contribution in [0, 0.1) is 0 Å². The molecule has 0 radical (unpaired) electrons. The van der Waals surface area contributed by atoms with Crippen molar-refractivity contribution in [3.8, 4) is 27.7 Å². The highest BCUT2D eigenvalue weighted by molar-refractivity contribution is 9.10. The third-order valence-corrected chi connectivity index (χ3v) is 11.9. The number of aromatic hydroxyl groups is 1. The number of imide groups is 2. The Hall–Kier alpha value is -5.04. The third kappa shape index (κ3) is 7.18. The van der Waals surface area contributed by atoms with E-state index in [-0.39, 0.29) is 24.5 Å². The van der Waals surface area contributed by atoms with E-state index < -0.39 is 23.8 Å². The van der Waals surface area contributed by atoms with E-state index in [4.69, 9.17) is 4.74 Å². The lowest BCUT2D eigenvalue weighted by molar-refractivity contribution is -0.136. The van der Waals surface area contributed by atoms with Crippen molar-refractivity contribution in [3.63, 3.8) is 0 Å². The van der Waals surface area contributed by atoms with Crippen LogP contribution in [0.5, 0.6) is 17.2 Å². The highest BCUT2D eigenvalue weighted by Gasteiger charge is 2.44. The molecule has 0 bridgehead atoms. The van der Waals surface area contributed by atoms with Crippen molar-refractivity contribution in [1.29, 1.82) is 0 Å². The van der Waals surface area contributed by atoms with Crippen LogP contribution >= 0.6 is 27.3 Å². The molecule has 3 aliphatic rings. The first-order valence-electron chi connectivity index (χ1n) is 17.8. The molecule has 0 aliphatic carbocycles. The van der Waals surface area contributed by atoms with Crippen molar-refractivity contribution in [2.75, 3.05) is 37.6 Å². The van der Waals surface area contributed by atoms with Crippen LogP contribution in [0.25, 0.3) is 20.5 Å². The van der Waals surface area contributed by atoms with Crippen molar-refractivity contribution < 1.29 is 29.0 Å². The van der Waals surface area contributed by atoms with Gasteiger partial charge in [0, 0.05) is 52.8 Å². The summed E-state index contributed by atoms with van der Waals surface area (Å²) < 4.78 is 8.48. The molecule has 1 aromatic heterocycles. The zero-order chi connectivity index (χ0) is 36.6. The predicted molar refractivity (Wildman–Crippen MR) is 208 cm³/mol. The van der Waals surface area contributed by atoms with Crippen molar-refractivity contribution >= 4 is 66.7 Å². The summed E-state index contributed by atoms with van der Waals surface area (Å²) >= 11 is 5.12. The molecule has 3 aliphatic heterocycles. The monoisotopic (exact) mass is 792 g/mol. The van der Waals surface area contributed by atoms with Gasteiger partial charge in [0.15, 0.2) is 5.75 Å². The standard InChI is InChI=1S/C41H37BrN4O6S/c42-27-8-6-26(7-9-27)38-37(32-15-11-29(47)24-35(32)53-38)52-30-12-4-25(5-13-30)3-1-2-18-44-19-21-45(22-20-44)28-10-14-31-33(23-28)41(51)46(40(31)50)34-16-17-36(48)43-39(34)49/h4-15,23-24,34,47H,1-3,16-22H2,(H,43,48,49). The van der Waals surface area contributed by atoms with E-state index in [1.165, 1.54) is 5.56 Å². The number of benzene rings is 4. The van der Waals surface area contributed by atoms with Crippen LogP contribution < -0.4 is 15.0 Å². The van der Waals surface area contributed by atoms with Crippen LogP contribution in [0.2, 0.25) is 0 Å². The number of hydrogen-bond donors (Lipinski definition) is 2. The van der Waals surface area contributed by atoms with Gasteiger partial charge in [0.05, 0.1) is 16.0 Å². The van der Waals surface area contributed by atoms with Gasteiger partial charge in [-0.2, -0.15) is 0 Å². The largest absolute Gasteiger partial charge is 0.508 e. The van der Waals surface area contributed by atoms with Crippen LogP contribution in [0.1, 0.15) is 52.0 Å². The Balaban J connectivity index is 0.821. The summed E-state index contributed by atoms with van der Waals surface area (Å²) in [6.07, 6.45) is 3.36. The first-order chi connectivity index (χ1) is 25.7. The minimum atomic E-state index is -0.965. The van der Waals surface area contributed by atoms with Crippen molar-refractivity contribution in [1.82, 2.24) is 15.1 Å². The number of unbranched alkanes of at least 4 members (excludes halogenated alkanes) is 1. The molecule has 0 spiro atoms. The number of ether oxygens (including phenoxy) is 1. The highest BCUT2D eigenvalue weighted by atomic mass is 79.9. The van der Waals surface area contributed by atoms with Crippen LogP contribution in [-0.2, 0) is 16.0 Å². The Morgan fingerprint density at radius 1 is 0.830 bits per heavy atom. The number of aryl methyl sites for hydroxylation is 1. The third-order valence-electron chi connectivity index (χ3n) is 10.2. The van der Waals surface area contributed by atoms with Crippen LogP contribution in [0.4, 0.5) is 5.69 Å². The van der Waals surface area contributed by atoms with Gasteiger partial charge in [0.2, 0.25) is 11.8 Å². The summed E-state index contributed by atoms with van der Waals surface area (Å²) in [6, 6.07) is 26.2. The van der Waals surface area contributed by atoms with Gasteiger partial charge in [-0.3, -0.25) is 34.3 Å². The summed E-state index contributed by atoms with van der Waals surface area (Å²) in [5.41, 5.74) is 3.81. The number of nitrogens with zero attached hydrogens (tertiary/aromatic N) is 3. The summed E-state index contributed by atoms with van der Waals surface area (Å²) in [7, 11) is 0. The topological polar surface area (TPSA) is 119 Å². The zero-order valence-electron chi connectivity index (χ0n) is 28.8. The molecule has 0 saturated carbocycles. The van der Waals surface area contributed by atoms with Gasteiger partial charge in [0.25, 0.3) is 11.8 Å². The molecule has 53 heavy (non-hydrogen) atoms. The molecule has 8 rings (SSSR count). The van der Waals surface area contributed by atoms with Gasteiger partial charge in [-0.1, -0.05) is 40.2 Å². The summed E-state index contributed by atoms with van der Waals surface area (Å²) in [4.78, 5) is 57.1. The minimum Gasteiger partial charge on any atom is -0.508 e. The number of halogens is 1. The fourth-order valence-corrected chi connectivity index (χ4v) is 8.78. The fraction of sp³-hybridized carbons (Fsp3) is 0.268. The number of amides is 4. The number of fused-ring (bicyclic) bond motifs is 2. The number of carbonyl (C=O) groups excluding carboxylic acids is 4. The van der Waals surface area contributed by atoms with Crippen molar-refractivity contribution in [3.05, 3.63) is 106 Å². The van der Waals surface area contributed by atoms with E-state index >= 15 is 0 Å². The fourth-order valence-electron chi connectivity index (χ4n) is 7.35. The smallest absolute Gasteiger partial charge is 0.262 e. The zero-order valence-corrected chi connectivity index (χ0v) is 31.3. The average molecular weight is 794 g/mol. The van der Waals surface area contributed by atoms with E-state index in [2.05, 4.69) is 55.3 Å². The number of piperidine rings is 1. The molecular formula is C41H37BrN4O6S. The number of anilines is 1. The maximum atomic E-state index is 13.3. The summed E-state index contributed by atoms with van der Waals surface area (Å²) in [5.74, 6) is -0.169. The molecule has 2 fully saturated rings. The molecule has 2 saturated heterocycles. The van der Waals surface area contributed by atoms with Crippen molar-refractivity contribution in [2.24, 2.45) is 0 Å². The lowest BCUT2D eigenvalue weighted by Crippen LogP contribution is -2.54. The Bertz CT molecular complexity index is 2230. The number of hydrogen-bond acceptors (Lipinski definition) is 9. The van der Waals surface area contributed by atoms with Gasteiger partial charge in [-0.05, 0) is 104 Å². The predicted octanol–water partition coefficient (Wildman–Crippen LogP) is 7.37. The summed E-state index contributed by atoms with van der Waals surface area (Å²) in [5, 5.41) is 13.3. The van der Waals surface area contributed by atoms with E-state index in [9.17, 15) is 24.3 Å². The Morgan fingerprint density at radius 2 is 1.58 bits per heavy atom. The number of thiophene rings is 1. The maximum absolute atomic E-state index is 13.3. The van der Waals surface area contributed by atoms with Gasteiger partial charge < -0.3 is 14.7 Å². The first kappa shape index (κ1) is 35.0. The van der Waals surface area contributed by atoms with E-state index in [0.29, 0.717) is 11.1 Å². The number of phenols is 1. The van der Waals surface area contributed by atoms with Crippen LogP contribution in [0.15, 0.2) is 89.4 Å². The van der Waals surface area contributed by atoms with Gasteiger partial charge in [-0.15, -0.1) is 11.3 Å². The summed E-state index contributed by atoms with van der Waals surface area (Å²) in [6.45, 7) is 4.43. The molecule has 10 nitrogen and oxygen atoms in total. The second kappa shape index (κ2) is 14.8. The number of phenolic OH excluding ortho intramolecular Hbond substituents is 1. The van der Waals surface area contributed by atoms with Crippen LogP contribution in [-0.4, -0.2) is 77.3 Å². The van der Waals surface area contributed by atoms with Crippen molar-refractivity contribution in [2.45, 2.75) is 38.1 Å². The SMILES string of the molecule is O=C1CCC(N2C(=O)c3ccc(N4CCN(CCCCc5ccc(Oc6c(-c7ccc(Br)cc7)sc7cc(O)ccc67)cc5)CC4)cc3C2=O)C(=O)N1. The lowest BCUT2D eigenvalue weighted by atomic mass is 10.0. The lowest BCUT2D eigenvalue weighted by Gasteiger charge is -2.36. The molecule has 270 valence electrons. The Morgan fingerprint density at radius 3 is 2.34 bits per heavy atom. The number of piperazine rings is 1. The number of rotatable bonds is 10. The van der Waals surface area contributed by atoms with E-state index in [1.807, 2.05) is 36.4 Å². The highest BCUT2D eigenvalue weighted by Crippen LogP contribution is 2.47. The normalized spacial score (nSPS) is 17.8. The van der Waals surface area contributed by atoms with Crippen LogP contribution in [0.3, 0.4) is 0 Å². The molecule has 5 aromatic rings. The minimum absolute atomic E-state index is 0.0970. The molecule has 4 heterocycles. The quantitative estimate of drug-likeness (QED) is 0.111. The molecule has 1 unspecified atom stereocenters. The average Bonchev–Trinajstić information content (AvgIpc) is 3.63. The van der Waals surface area contributed by atoms with E-state index in [1.54, 1.807) is 35.6 Å². The van der Waals surface area contributed by atoms with Gasteiger partial charge >= 0.3 is 0 Å². The molecular weight excluding hydrogens is 756 g/mol.